The molecular formula is C18H14ClF2NO4. The van der Waals surface area contributed by atoms with Crippen LogP contribution in [-0.2, 0) is 20.7 Å². The summed E-state index contributed by atoms with van der Waals surface area (Å²) in [6.45, 7) is -0.553. The van der Waals surface area contributed by atoms with Crippen LogP contribution in [0.4, 0.5) is 14.5 Å². The topological polar surface area (TPSA) is 64.6 Å². The Hall–Kier alpha value is -2.67. The van der Waals surface area contributed by atoms with Crippen molar-refractivity contribution in [3.05, 3.63) is 58.6 Å². The van der Waals surface area contributed by atoms with E-state index in [1.165, 1.54) is 6.07 Å². The molecule has 2 aromatic carbocycles. The fraction of sp³-hybridized carbons (Fsp3) is 0.222. The number of nitrogens with one attached hydrogen (secondary N) is 1. The number of benzene rings is 2. The van der Waals surface area contributed by atoms with Gasteiger partial charge in [0.15, 0.2) is 6.61 Å². The van der Waals surface area contributed by atoms with Gasteiger partial charge in [0.2, 0.25) is 0 Å². The quantitative estimate of drug-likeness (QED) is 0.825. The Labute approximate surface area is 152 Å². The molecular weight excluding hydrogens is 368 g/mol. The fourth-order valence-corrected chi connectivity index (χ4v) is 2.76. The molecule has 0 fully saturated rings. The number of hydrogen-bond donors (Lipinski definition) is 1. The van der Waals surface area contributed by atoms with Crippen LogP contribution in [0.1, 0.15) is 5.56 Å². The predicted molar refractivity (Wildman–Crippen MR) is 90.1 cm³/mol. The van der Waals surface area contributed by atoms with Gasteiger partial charge in [-0.1, -0.05) is 17.7 Å². The van der Waals surface area contributed by atoms with Crippen LogP contribution < -0.4 is 10.1 Å². The Morgan fingerprint density at radius 3 is 2.69 bits per heavy atom. The zero-order chi connectivity index (χ0) is 18.7. The third-order valence-electron chi connectivity index (χ3n) is 3.83. The third kappa shape index (κ3) is 4.11. The molecule has 3 rings (SSSR count). The van der Waals surface area contributed by atoms with E-state index < -0.39 is 41.7 Å². The van der Waals surface area contributed by atoms with Gasteiger partial charge in [0.05, 0.1) is 5.92 Å². The molecule has 0 saturated heterocycles. The monoisotopic (exact) mass is 381 g/mol. The number of para-hydroxylation sites is 1. The second kappa shape index (κ2) is 7.70. The largest absolute Gasteiger partial charge is 0.492 e. The Balaban J connectivity index is 1.55. The van der Waals surface area contributed by atoms with Crippen molar-refractivity contribution >= 4 is 29.2 Å². The highest BCUT2D eigenvalue weighted by Gasteiger charge is 2.28. The minimum Gasteiger partial charge on any atom is -0.492 e. The molecule has 0 spiro atoms. The average Bonchev–Trinajstić information content (AvgIpc) is 2.62. The Morgan fingerprint density at radius 2 is 1.96 bits per heavy atom. The van der Waals surface area contributed by atoms with Crippen LogP contribution in [0.15, 0.2) is 36.4 Å². The van der Waals surface area contributed by atoms with Gasteiger partial charge in [-0.3, -0.25) is 9.59 Å². The van der Waals surface area contributed by atoms with Gasteiger partial charge in [-0.15, -0.1) is 0 Å². The number of fused-ring (bicyclic) bond motifs is 1. The van der Waals surface area contributed by atoms with Crippen molar-refractivity contribution in [3.63, 3.8) is 0 Å². The molecule has 1 amide bonds. The predicted octanol–water partition coefficient (Wildman–Crippen LogP) is 3.35. The number of amides is 1. The fourth-order valence-electron chi connectivity index (χ4n) is 2.56. The molecule has 26 heavy (non-hydrogen) atoms. The highest BCUT2D eigenvalue weighted by molar-refractivity contribution is 6.30. The van der Waals surface area contributed by atoms with Gasteiger partial charge in [0.1, 0.15) is 29.7 Å². The van der Waals surface area contributed by atoms with Crippen molar-refractivity contribution in [2.24, 2.45) is 5.92 Å². The number of anilines is 1. The van der Waals surface area contributed by atoms with Crippen molar-refractivity contribution in [1.82, 2.24) is 0 Å². The molecule has 0 unspecified atom stereocenters. The van der Waals surface area contributed by atoms with Crippen molar-refractivity contribution in [3.8, 4) is 5.75 Å². The second-order valence-electron chi connectivity index (χ2n) is 5.72. The molecule has 0 radical (unpaired) electrons. The van der Waals surface area contributed by atoms with E-state index in [0.717, 1.165) is 17.7 Å². The number of carbonyl (C=O) groups excluding carboxylic acids is 2. The number of ether oxygens (including phenoxy) is 2. The molecule has 0 aliphatic carbocycles. The van der Waals surface area contributed by atoms with Gasteiger partial charge in [-0.05, 0) is 42.3 Å². The first-order valence-corrected chi connectivity index (χ1v) is 8.13. The first-order valence-electron chi connectivity index (χ1n) is 7.76. The molecule has 8 heteroatoms. The van der Waals surface area contributed by atoms with E-state index >= 15 is 0 Å². The normalized spacial score (nSPS) is 15.6. The molecule has 0 saturated carbocycles. The lowest BCUT2D eigenvalue weighted by atomic mass is 9.97. The SMILES string of the molecule is O=C(COC(=O)[C@@H]1COc2ccc(Cl)cc2C1)Nc1c(F)cccc1F. The van der Waals surface area contributed by atoms with Gasteiger partial charge in [-0.2, -0.15) is 0 Å². The van der Waals surface area contributed by atoms with E-state index in [0.29, 0.717) is 17.2 Å². The molecule has 1 aliphatic rings. The van der Waals surface area contributed by atoms with Crippen LogP contribution >= 0.6 is 11.6 Å². The van der Waals surface area contributed by atoms with E-state index in [1.807, 2.05) is 5.32 Å². The maximum atomic E-state index is 13.5. The summed E-state index contributed by atoms with van der Waals surface area (Å²) in [6, 6.07) is 8.29. The highest BCUT2D eigenvalue weighted by Crippen LogP contribution is 2.30. The van der Waals surface area contributed by atoms with Crippen molar-refractivity contribution < 1.29 is 27.8 Å². The summed E-state index contributed by atoms with van der Waals surface area (Å²) in [5.41, 5.74) is 0.182. The molecule has 5 nitrogen and oxygen atoms in total. The number of hydrogen-bond acceptors (Lipinski definition) is 4. The Kier molecular flexibility index (Phi) is 5.37. The molecule has 2 aromatic rings. The molecule has 1 heterocycles. The minimum absolute atomic E-state index is 0.108. The maximum Gasteiger partial charge on any atom is 0.313 e. The number of carbonyl (C=O) groups is 2. The third-order valence-corrected chi connectivity index (χ3v) is 4.07. The minimum atomic E-state index is -0.918. The van der Waals surface area contributed by atoms with Crippen LogP contribution in [-0.4, -0.2) is 25.1 Å². The van der Waals surface area contributed by atoms with Crippen molar-refractivity contribution in [2.75, 3.05) is 18.5 Å². The summed E-state index contributed by atoms with van der Waals surface area (Å²) in [7, 11) is 0. The standard InChI is InChI=1S/C18H14ClF2NO4/c19-12-4-5-15-10(7-12)6-11(8-25-15)18(24)26-9-16(23)22-17-13(20)2-1-3-14(17)21/h1-5,7,11H,6,8-9H2,(H,22,23)/t11-/m0/s1. The smallest absolute Gasteiger partial charge is 0.313 e. The molecule has 0 aromatic heterocycles. The Bertz CT molecular complexity index is 839. The average molecular weight is 382 g/mol. The van der Waals surface area contributed by atoms with Gasteiger partial charge in [0, 0.05) is 5.02 Å². The summed E-state index contributed by atoms with van der Waals surface area (Å²) >= 11 is 5.92. The van der Waals surface area contributed by atoms with Crippen LogP contribution in [0.25, 0.3) is 0 Å². The van der Waals surface area contributed by atoms with E-state index in [4.69, 9.17) is 21.1 Å². The molecule has 1 aliphatic heterocycles. The summed E-state index contributed by atoms with van der Waals surface area (Å²) in [6.07, 6.45) is 0.359. The number of halogens is 3. The van der Waals surface area contributed by atoms with Crippen molar-refractivity contribution in [2.45, 2.75) is 6.42 Å². The summed E-state index contributed by atoms with van der Waals surface area (Å²) in [5.74, 6) is -3.27. The molecule has 136 valence electrons. The maximum absolute atomic E-state index is 13.5. The zero-order valence-electron chi connectivity index (χ0n) is 13.4. The Morgan fingerprint density at radius 1 is 1.23 bits per heavy atom. The van der Waals surface area contributed by atoms with E-state index in [9.17, 15) is 18.4 Å². The van der Waals surface area contributed by atoms with Gasteiger partial charge in [-0.25, -0.2) is 8.78 Å². The molecule has 1 atom stereocenters. The molecule has 0 bridgehead atoms. The van der Waals surface area contributed by atoms with E-state index in [2.05, 4.69) is 0 Å². The van der Waals surface area contributed by atoms with Gasteiger partial charge in [0.25, 0.3) is 5.91 Å². The van der Waals surface area contributed by atoms with Crippen LogP contribution in [0.2, 0.25) is 5.02 Å². The number of rotatable bonds is 4. The van der Waals surface area contributed by atoms with Crippen LogP contribution in [0.3, 0.4) is 0 Å². The lowest BCUT2D eigenvalue weighted by Gasteiger charge is -2.24. The lowest BCUT2D eigenvalue weighted by molar-refractivity contribution is -0.152. The van der Waals surface area contributed by atoms with Crippen molar-refractivity contribution in [1.29, 1.82) is 0 Å². The first-order chi connectivity index (χ1) is 12.4. The summed E-state index contributed by atoms with van der Waals surface area (Å²) in [4.78, 5) is 23.9. The summed E-state index contributed by atoms with van der Waals surface area (Å²) in [5, 5.41) is 2.57. The molecule has 1 N–H and O–H groups in total. The first kappa shape index (κ1) is 18.1. The van der Waals surface area contributed by atoms with Gasteiger partial charge < -0.3 is 14.8 Å². The zero-order valence-corrected chi connectivity index (χ0v) is 14.2. The number of esters is 1. The second-order valence-corrected chi connectivity index (χ2v) is 6.15. The van der Waals surface area contributed by atoms with Crippen LogP contribution in [0, 0.1) is 17.6 Å². The van der Waals surface area contributed by atoms with Gasteiger partial charge >= 0.3 is 5.97 Å². The van der Waals surface area contributed by atoms with Crippen LogP contribution in [0.5, 0.6) is 5.75 Å². The van der Waals surface area contributed by atoms with E-state index in [1.54, 1.807) is 18.2 Å². The lowest BCUT2D eigenvalue weighted by Crippen LogP contribution is -2.32. The van der Waals surface area contributed by atoms with E-state index in [-0.39, 0.29) is 6.61 Å². The summed E-state index contributed by atoms with van der Waals surface area (Å²) < 4.78 is 37.4. The highest BCUT2D eigenvalue weighted by atomic mass is 35.5.